The van der Waals surface area contributed by atoms with E-state index in [9.17, 15) is 4.79 Å². The van der Waals surface area contributed by atoms with Gasteiger partial charge in [0.2, 0.25) is 0 Å². The van der Waals surface area contributed by atoms with E-state index in [2.05, 4.69) is 27.8 Å². The van der Waals surface area contributed by atoms with Gasteiger partial charge in [-0.1, -0.05) is 128 Å². The molecule has 0 amide bonds. The maximum absolute atomic E-state index is 10.4. The van der Waals surface area contributed by atoms with Crippen molar-refractivity contribution in [3.63, 3.8) is 0 Å². The van der Waals surface area contributed by atoms with Gasteiger partial charge in [0.25, 0.3) is 0 Å². The SMILES string of the molecule is CC(=O)OSCc1ccccc1.CCCCCCCC[N+](C)(CCCCCCCC)CCCCCCCC. The molecule has 1 rings (SSSR count). The number of carbonyl (C=O) groups is 1. The lowest BCUT2D eigenvalue weighted by Crippen LogP contribution is -2.46. The zero-order valence-corrected chi connectivity index (χ0v) is 26.9. The van der Waals surface area contributed by atoms with Crippen LogP contribution in [0.2, 0.25) is 0 Å². The average molecular weight is 551 g/mol. The number of carbonyl (C=O) groups excluding carboxylic acids is 1. The topological polar surface area (TPSA) is 26.3 Å². The highest BCUT2D eigenvalue weighted by Crippen LogP contribution is 2.16. The second-order valence-corrected chi connectivity index (χ2v) is 12.1. The molecule has 4 heteroatoms. The van der Waals surface area contributed by atoms with Gasteiger partial charge >= 0.3 is 5.97 Å². The lowest BCUT2D eigenvalue weighted by atomic mass is 10.1. The highest BCUT2D eigenvalue weighted by atomic mass is 32.2. The van der Waals surface area contributed by atoms with Crippen LogP contribution in [-0.4, -0.2) is 37.1 Å². The summed E-state index contributed by atoms with van der Waals surface area (Å²) in [7, 11) is 2.56. The minimum absolute atomic E-state index is 0.254. The van der Waals surface area contributed by atoms with E-state index in [0.717, 1.165) is 17.6 Å². The summed E-state index contributed by atoms with van der Waals surface area (Å²) < 4.78 is 6.08. The van der Waals surface area contributed by atoms with E-state index >= 15 is 0 Å². The maximum atomic E-state index is 10.4. The molecule has 1 aromatic carbocycles. The van der Waals surface area contributed by atoms with Crippen LogP contribution >= 0.6 is 12.0 Å². The molecule has 0 aliphatic carbocycles. The molecule has 0 heterocycles. The van der Waals surface area contributed by atoms with Crippen molar-refractivity contribution >= 4 is 18.0 Å². The van der Waals surface area contributed by atoms with Crippen molar-refractivity contribution in [3.8, 4) is 0 Å². The van der Waals surface area contributed by atoms with E-state index in [-0.39, 0.29) is 5.97 Å². The molecule has 222 valence electrons. The number of hydrogen-bond acceptors (Lipinski definition) is 3. The Balaban J connectivity index is 0.000000942. The van der Waals surface area contributed by atoms with E-state index < -0.39 is 0 Å². The zero-order valence-electron chi connectivity index (χ0n) is 26.1. The van der Waals surface area contributed by atoms with Crippen LogP contribution in [-0.2, 0) is 14.7 Å². The normalized spacial score (nSPS) is 11.2. The third-order valence-corrected chi connectivity index (χ3v) is 8.20. The Hall–Kier alpha value is -1.00. The minimum atomic E-state index is -0.254. The molecule has 0 aliphatic rings. The molecule has 0 spiro atoms. The van der Waals surface area contributed by atoms with Gasteiger partial charge in [-0.05, 0) is 44.1 Å². The number of nitrogens with zero attached hydrogens (tertiary/aromatic N) is 1. The van der Waals surface area contributed by atoms with Crippen molar-refractivity contribution in [2.75, 3.05) is 26.7 Å². The first-order chi connectivity index (χ1) is 18.5. The van der Waals surface area contributed by atoms with Crippen molar-refractivity contribution < 1.29 is 13.5 Å². The molecule has 0 unspecified atom stereocenters. The molecule has 0 saturated heterocycles. The molecule has 1 aromatic rings. The summed E-state index contributed by atoms with van der Waals surface area (Å²) in [5.74, 6) is 0.455. The van der Waals surface area contributed by atoms with Gasteiger partial charge in [0.15, 0.2) is 0 Å². The molecule has 38 heavy (non-hydrogen) atoms. The lowest BCUT2D eigenvalue weighted by molar-refractivity contribution is -0.910. The van der Waals surface area contributed by atoms with Crippen LogP contribution in [0.3, 0.4) is 0 Å². The molecule has 0 bridgehead atoms. The van der Waals surface area contributed by atoms with Gasteiger partial charge in [-0.25, -0.2) is 0 Å². The first-order valence-corrected chi connectivity index (χ1v) is 17.1. The molecule has 0 atom stereocenters. The number of benzene rings is 1. The predicted molar refractivity (Wildman–Crippen MR) is 170 cm³/mol. The quantitative estimate of drug-likeness (QED) is 0.0727. The summed E-state index contributed by atoms with van der Waals surface area (Å²) in [4.78, 5) is 10.4. The van der Waals surface area contributed by atoms with Gasteiger partial charge in [0, 0.05) is 6.92 Å². The molecule has 0 aromatic heterocycles. The summed E-state index contributed by atoms with van der Waals surface area (Å²) in [6, 6.07) is 9.88. The van der Waals surface area contributed by atoms with Crippen molar-refractivity contribution in [2.24, 2.45) is 0 Å². The molecule has 0 fully saturated rings. The summed E-state index contributed by atoms with van der Waals surface area (Å²) >= 11 is 1.16. The van der Waals surface area contributed by atoms with Gasteiger partial charge in [0.1, 0.15) is 0 Å². The largest absolute Gasteiger partial charge is 0.391 e. The van der Waals surface area contributed by atoms with Crippen LogP contribution in [0.25, 0.3) is 0 Å². The second kappa shape index (κ2) is 27.6. The maximum Gasteiger partial charge on any atom is 0.314 e. The number of rotatable bonds is 24. The van der Waals surface area contributed by atoms with Gasteiger partial charge < -0.3 is 8.67 Å². The van der Waals surface area contributed by atoms with Gasteiger partial charge in [0.05, 0.1) is 44.5 Å². The minimum Gasteiger partial charge on any atom is -0.391 e. The van der Waals surface area contributed by atoms with E-state index in [1.54, 1.807) is 0 Å². The smallest absolute Gasteiger partial charge is 0.314 e. The van der Waals surface area contributed by atoms with E-state index in [0.29, 0.717) is 5.75 Å². The Labute approximate surface area is 242 Å². The van der Waals surface area contributed by atoms with Crippen LogP contribution in [0, 0.1) is 0 Å². The molecule has 3 nitrogen and oxygen atoms in total. The van der Waals surface area contributed by atoms with Crippen molar-refractivity contribution in [2.45, 2.75) is 149 Å². The second-order valence-electron chi connectivity index (χ2n) is 11.4. The van der Waals surface area contributed by atoms with Gasteiger partial charge in [-0.3, -0.25) is 4.79 Å². The van der Waals surface area contributed by atoms with E-state index in [1.807, 2.05) is 30.3 Å². The molecular formula is C34H64NO2S+. The van der Waals surface area contributed by atoms with E-state index in [4.69, 9.17) is 4.18 Å². The van der Waals surface area contributed by atoms with E-state index in [1.165, 1.54) is 147 Å². The third kappa shape index (κ3) is 25.3. The van der Waals surface area contributed by atoms with Gasteiger partial charge in [-0.2, -0.15) is 0 Å². The zero-order chi connectivity index (χ0) is 28.2. The number of unbranched alkanes of at least 4 members (excludes halogenated alkanes) is 15. The lowest BCUT2D eigenvalue weighted by Gasteiger charge is -2.35. The Morgan fingerprint density at radius 1 is 0.632 bits per heavy atom. The fourth-order valence-corrected chi connectivity index (χ4v) is 5.47. The Morgan fingerprint density at radius 2 is 1.00 bits per heavy atom. The Bertz CT molecular complexity index is 581. The van der Waals surface area contributed by atoms with Crippen molar-refractivity contribution in [1.82, 2.24) is 0 Å². The van der Waals surface area contributed by atoms with Crippen LogP contribution in [0.5, 0.6) is 0 Å². The molecule has 0 aliphatic heterocycles. The first-order valence-electron chi connectivity index (χ1n) is 16.1. The molecule has 0 radical (unpaired) electrons. The summed E-state index contributed by atoms with van der Waals surface area (Å²) in [5, 5.41) is 0. The molecule has 0 saturated carbocycles. The van der Waals surface area contributed by atoms with Crippen LogP contribution in [0.1, 0.15) is 149 Å². The van der Waals surface area contributed by atoms with Crippen molar-refractivity contribution in [3.05, 3.63) is 35.9 Å². The highest BCUT2D eigenvalue weighted by molar-refractivity contribution is 7.94. The Morgan fingerprint density at radius 3 is 1.37 bits per heavy atom. The Kier molecular flexibility index (Phi) is 26.8. The monoisotopic (exact) mass is 550 g/mol. The standard InChI is InChI=1S/C25H54N.C9H10O2S/c1-5-8-11-14-17-20-23-26(4,24-21-18-15-12-9-6-2)25-22-19-16-13-10-7-3;1-8(10)11-12-7-9-5-3-2-4-6-9/h5-25H2,1-4H3;2-6H,7H2,1H3/q+1;. The molecular weight excluding hydrogens is 486 g/mol. The summed E-state index contributed by atoms with van der Waals surface area (Å²) in [5.41, 5.74) is 1.16. The number of hydrogen-bond donors (Lipinski definition) is 0. The van der Waals surface area contributed by atoms with Crippen molar-refractivity contribution in [1.29, 1.82) is 0 Å². The molecule has 0 N–H and O–H groups in total. The van der Waals surface area contributed by atoms with Crippen LogP contribution in [0.15, 0.2) is 30.3 Å². The summed E-state index contributed by atoms with van der Waals surface area (Å²) in [6.45, 7) is 12.6. The van der Waals surface area contributed by atoms with Crippen LogP contribution in [0.4, 0.5) is 0 Å². The predicted octanol–water partition coefficient (Wildman–Crippen LogP) is 10.9. The average Bonchev–Trinajstić information content (AvgIpc) is 2.91. The fourth-order valence-electron chi connectivity index (χ4n) is 4.91. The fraction of sp³-hybridized carbons (Fsp3) is 0.794. The van der Waals surface area contributed by atoms with Gasteiger partial charge in [-0.15, -0.1) is 0 Å². The third-order valence-electron chi connectivity index (χ3n) is 7.40. The first kappa shape index (κ1) is 37.0. The number of quaternary nitrogens is 1. The van der Waals surface area contributed by atoms with Crippen LogP contribution < -0.4 is 0 Å². The summed E-state index contributed by atoms with van der Waals surface area (Å²) in [6.07, 6.45) is 25.9. The highest BCUT2D eigenvalue weighted by Gasteiger charge is 2.20.